The molecule has 0 aliphatic carbocycles. The van der Waals surface area contributed by atoms with Crippen LogP contribution in [0.3, 0.4) is 0 Å². The van der Waals surface area contributed by atoms with Crippen molar-refractivity contribution in [1.29, 1.82) is 0 Å². The van der Waals surface area contributed by atoms with E-state index in [1.807, 2.05) is 41.8 Å². The number of thiazole rings is 1. The lowest BCUT2D eigenvalue weighted by Gasteiger charge is -2.13. The Bertz CT molecular complexity index is 1060. The van der Waals surface area contributed by atoms with Crippen LogP contribution in [-0.2, 0) is 0 Å². The molecule has 0 bridgehead atoms. The summed E-state index contributed by atoms with van der Waals surface area (Å²) in [7, 11) is 0. The highest BCUT2D eigenvalue weighted by atomic mass is 32.1. The molecule has 1 amide bonds. The van der Waals surface area contributed by atoms with E-state index in [0.29, 0.717) is 5.13 Å². The smallest absolute Gasteiger partial charge is 0.267 e. The molecule has 2 aromatic carbocycles. The molecular weight excluding hydrogens is 369 g/mol. The van der Waals surface area contributed by atoms with Gasteiger partial charge < -0.3 is 0 Å². The van der Waals surface area contributed by atoms with Gasteiger partial charge in [0, 0.05) is 10.4 Å². The van der Waals surface area contributed by atoms with Crippen molar-refractivity contribution in [3.05, 3.63) is 82.3 Å². The predicted molar refractivity (Wildman–Crippen MR) is 105 cm³/mol. The van der Waals surface area contributed by atoms with E-state index in [0.717, 1.165) is 15.1 Å². The summed E-state index contributed by atoms with van der Waals surface area (Å²) < 4.78 is 14.5. The second-order valence-electron chi connectivity index (χ2n) is 5.35. The van der Waals surface area contributed by atoms with E-state index < -0.39 is 11.7 Å². The van der Waals surface area contributed by atoms with Crippen molar-refractivity contribution in [2.75, 3.05) is 5.01 Å². The predicted octanol–water partition coefficient (Wildman–Crippen LogP) is 5.18. The molecule has 0 saturated carbocycles. The molecular formula is C19H12FN3OS2. The maximum atomic E-state index is 13.5. The monoisotopic (exact) mass is 381 g/mol. The summed E-state index contributed by atoms with van der Waals surface area (Å²) in [5, 5.41) is 7.92. The minimum absolute atomic E-state index is 0.215. The maximum absolute atomic E-state index is 13.5. The van der Waals surface area contributed by atoms with Gasteiger partial charge in [0.1, 0.15) is 5.82 Å². The van der Waals surface area contributed by atoms with Crippen LogP contribution in [0.15, 0.2) is 71.1 Å². The second kappa shape index (κ2) is 7.15. The molecule has 0 aliphatic rings. The number of aromatic nitrogens is 1. The van der Waals surface area contributed by atoms with Crippen molar-refractivity contribution in [2.45, 2.75) is 0 Å². The van der Waals surface area contributed by atoms with E-state index in [2.05, 4.69) is 10.1 Å². The van der Waals surface area contributed by atoms with Gasteiger partial charge >= 0.3 is 0 Å². The summed E-state index contributed by atoms with van der Waals surface area (Å²) in [6.07, 6.45) is 1.61. The van der Waals surface area contributed by atoms with Crippen LogP contribution < -0.4 is 5.01 Å². The molecule has 0 fully saturated rings. The lowest BCUT2D eigenvalue weighted by atomic mass is 10.2. The molecule has 2 heterocycles. The van der Waals surface area contributed by atoms with Gasteiger partial charge in [-0.05, 0) is 41.8 Å². The third-order valence-electron chi connectivity index (χ3n) is 3.57. The second-order valence-corrected chi connectivity index (χ2v) is 7.34. The Morgan fingerprint density at radius 3 is 2.77 bits per heavy atom. The molecule has 0 spiro atoms. The number of hydrogen-bond donors (Lipinski definition) is 0. The average molecular weight is 381 g/mol. The molecule has 4 rings (SSSR count). The molecule has 0 unspecified atom stereocenters. The first-order valence-electron chi connectivity index (χ1n) is 7.74. The molecule has 0 radical (unpaired) electrons. The first kappa shape index (κ1) is 16.6. The van der Waals surface area contributed by atoms with Gasteiger partial charge in [0.25, 0.3) is 5.91 Å². The zero-order valence-electron chi connectivity index (χ0n) is 13.4. The van der Waals surface area contributed by atoms with Crippen molar-refractivity contribution in [1.82, 2.24) is 4.98 Å². The SMILES string of the molecule is O=C(c1cccc(F)c1)N(/N=C\c1cccs1)c1nc2ccccc2s1. The summed E-state index contributed by atoms with van der Waals surface area (Å²) in [6.45, 7) is 0. The summed E-state index contributed by atoms with van der Waals surface area (Å²) in [6, 6.07) is 17.0. The number of amides is 1. The van der Waals surface area contributed by atoms with E-state index in [1.165, 1.54) is 45.9 Å². The molecule has 0 atom stereocenters. The first-order chi connectivity index (χ1) is 12.7. The fourth-order valence-corrected chi connectivity index (χ4v) is 3.86. The summed E-state index contributed by atoms with van der Waals surface area (Å²) in [4.78, 5) is 18.4. The fraction of sp³-hybridized carbons (Fsp3) is 0. The van der Waals surface area contributed by atoms with Gasteiger partial charge in [-0.1, -0.05) is 35.6 Å². The van der Waals surface area contributed by atoms with Crippen LogP contribution in [0, 0.1) is 5.82 Å². The molecule has 26 heavy (non-hydrogen) atoms. The Labute approximate surface area is 156 Å². The highest BCUT2D eigenvalue weighted by molar-refractivity contribution is 7.22. The van der Waals surface area contributed by atoms with Gasteiger partial charge in [-0.2, -0.15) is 10.1 Å². The number of carbonyl (C=O) groups excluding carboxylic acids is 1. The van der Waals surface area contributed by atoms with Gasteiger partial charge in [0.15, 0.2) is 0 Å². The minimum Gasteiger partial charge on any atom is -0.267 e. The lowest BCUT2D eigenvalue weighted by molar-refractivity contribution is 0.0987. The number of nitrogens with zero attached hydrogens (tertiary/aromatic N) is 3. The quantitative estimate of drug-likeness (QED) is 0.361. The van der Waals surface area contributed by atoms with Gasteiger partial charge in [0.05, 0.1) is 16.4 Å². The zero-order valence-corrected chi connectivity index (χ0v) is 15.0. The number of rotatable bonds is 4. The maximum Gasteiger partial charge on any atom is 0.280 e. The molecule has 0 aliphatic heterocycles. The number of anilines is 1. The zero-order chi connectivity index (χ0) is 17.9. The van der Waals surface area contributed by atoms with Crippen LogP contribution in [0.5, 0.6) is 0 Å². The van der Waals surface area contributed by atoms with E-state index in [9.17, 15) is 9.18 Å². The van der Waals surface area contributed by atoms with E-state index >= 15 is 0 Å². The third kappa shape index (κ3) is 3.40. The Morgan fingerprint density at radius 1 is 1.12 bits per heavy atom. The number of benzene rings is 2. The summed E-state index contributed by atoms with van der Waals surface area (Å²) in [5.41, 5.74) is 1.00. The number of hydrogen-bond acceptors (Lipinski definition) is 5. The largest absolute Gasteiger partial charge is 0.280 e. The number of carbonyl (C=O) groups is 1. The highest BCUT2D eigenvalue weighted by Gasteiger charge is 2.21. The number of hydrazone groups is 1. The van der Waals surface area contributed by atoms with Crippen molar-refractivity contribution in [3.8, 4) is 0 Å². The third-order valence-corrected chi connectivity index (χ3v) is 5.39. The Balaban J connectivity index is 1.76. The molecule has 4 nitrogen and oxygen atoms in total. The molecule has 7 heteroatoms. The number of halogens is 1. The van der Waals surface area contributed by atoms with Crippen LogP contribution in [0.4, 0.5) is 9.52 Å². The van der Waals surface area contributed by atoms with Crippen LogP contribution in [0.25, 0.3) is 10.2 Å². The normalized spacial score (nSPS) is 11.3. The summed E-state index contributed by atoms with van der Waals surface area (Å²) >= 11 is 2.87. The van der Waals surface area contributed by atoms with Crippen molar-refractivity contribution < 1.29 is 9.18 Å². The van der Waals surface area contributed by atoms with E-state index in [-0.39, 0.29) is 5.56 Å². The van der Waals surface area contributed by atoms with Crippen molar-refractivity contribution >= 4 is 50.1 Å². The van der Waals surface area contributed by atoms with Gasteiger partial charge in [-0.25, -0.2) is 9.37 Å². The van der Waals surface area contributed by atoms with Gasteiger partial charge in [-0.15, -0.1) is 11.3 Å². The summed E-state index contributed by atoms with van der Waals surface area (Å²) in [5.74, 6) is -0.904. The Kier molecular flexibility index (Phi) is 4.55. The molecule has 4 aromatic rings. The standard InChI is InChI=1S/C19H12FN3OS2/c20-14-6-3-5-13(11-14)18(24)23(21-12-15-7-4-10-25-15)19-22-16-8-1-2-9-17(16)26-19/h1-12H/b21-12-. The lowest BCUT2D eigenvalue weighted by Crippen LogP contribution is -2.25. The average Bonchev–Trinajstić information content (AvgIpc) is 3.31. The highest BCUT2D eigenvalue weighted by Crippen LogP contribution is 2.30. The molecule has 0 N–H and O–H groups in total. The number of para-hydroxylation sites is 1. The molecule has 2 aromatic heterocycles. The Hall–Kier alpha value is -2.90. The first-order valence-corrected chi connectivity index (χ1v) is 9.43. The van der Waals surface area contributed by atoms with Crippen LogP contribution >= 0.6 is 22.7 Å². The topological polar surface area (TPSA) is 45.6 Å². The number of thiophene rings is 1. The Morgan fingerprint density at radius 2 is 2.00 bits per heavy atom. The fourth-order valence-electron chi connectivity index (χ4n) is 2.36. The molecule has 128 valence electrons. The van der Waals surface area contributed by atoms with Crippen LogP contribution in [-0.4, -0.2) is 17.1 Å². The molecule has 0 saturated heterocycles. The van der Waals surface area contributed by atoms with Gasteiger partial charge in [-0.3, -0.25) is 4.79 Å². The number of fused-ring (bicyclic) bond motifs is 1. The van der Waals surface area contributed by atoms with Crippen molar-refractivity contribution in [2.24, 2.45) is 5.10 Å². The van der Waals surface area contributed by atoms with E-state index in [1.54, 1.807) is 12.3 Å². The van der Waals surface area contributed by atoms with Crippen LogP contribution in [0.2, 0.25) is 0 Å². The van der Waals surface area contributed by atoms with Gasteiger partial charge in [0.2, 0.25) is 5.13 Å². The van der Waals surface area contributed by atoms with Crippen LogP contribution in [0.1, 0.15) is 15.2 Å². The minimum atomic E-state index is -0.470. The van der Waals surface area contributed by atoms with Crippen molar-refractivity contribution in [3.63, 3.8) is 0 Å². The van der Waals surface area contributed by atoms with E-state index in [4.69, 9.17) is 0 Å².